The van der Waals surface area contributed by atoms with Crippen molar-refractivity contribution in [1.82, 2.24) is 19.5 Å². The zero-order chi connectivity index (χ0) is 11.5. The van der Waals surface area contributed by atoms with Crippen LogP contribution in [0, 0.1) is 13.8 Å². The van der Waals surface area contributed by atoms with E-state index in [2.05, 4.69) is 21.9 Å². The smallest absolute Gasteiger partial charge is 0.156 e. The van der Waals surface area contributed by atoms with Crippen LogP contribution >= 0.6 is 0 Å². The van der Waals surface area contributed by atoms with Gasteiger partial charge < -0.3 is 0 Å². The highest BCUT2D eigenvalue weighted by Crippen LogP contribution is 2.10. The maximum atomic E-state index is 4.52. The number of aromatic nitrogens is 4. The summed E-state index contributed by atoms with van der Waals surface area (Å²) in [6.07, 6.45) is 7.58. The predicted molar refractivity (Wildman–Crippen MR) is 62.6 cm³/mol. The van der Waals surface area contributed by atoms with Gasteiger partial charge in [-0.15, -0.1) is 0 Å². The monoisotopic (exact) mass is 216 g/mol. The summed E-state index contributed by atoms with van der Waals surface area (Å²) < 4.78 is 2.00. The highest BCUT2D eigenvalue weighted by atomic mass is 15.1. The summed E-state index contributed by atoms with van der Waals surface area (Å²) in [5.74, 6) is 1.89. The van der Waals surface area contributed by atoms with E-state index in [-0.39, 0.29) is 0 Å². The molecule has 0 aliphatic heterocycles. The minimum Gasteiger partial charge on any atom is -0.287 e. The molecular weight excluding hydrogens is 200 g/mol. The van der Waals surface area contributed by atoms with E-state index in [1.54, 1.807) is 6.20 Å². The van der Waals surface area contributed by atoms with Crippen molar-refractivity contribution in [2.24, 2.45) is 0 Å². The van der Waals surface area contributed by atoms with Gasteiger partial charge in [0.05, 0.1) is 17.6 Å². The molecule has 0 atom stereocenters. The Morgan fingerprint density at radius 1 is 1.19 bits per heavy atom. The van der Waals surface area contributed by atoms with Crippen molar-refractivity contribution >= 4 is 0 Å². The van der Waals surface area contributed by atoms with Crippen molar-refractivity contribution in [3.05, 3.63) is 35.8 Å². The van der Waals surface area contributed by atoms with Crippen molar-refractivity contribution in [3.8, 4) is 5.82 Å². The van der Waals surface area contributed by atoms with Crippen LogP contribution in [0.4, 0.5) is 0 Å². The quantitative estimate of drug-likeness (QED) is 0.790. The van der Waals surface area contributed by atoms with Crippen molar-refractivity contribution in [3.63, 3.8) is 0 Å². The van der Waals surface area contributed by atoms with Crippen LogP contribution in [0.15, 0.2) is 18.6 Å². The molecule has 2 aromatic heterocycles. The van der Waals surface area contributed by atoms with E-state index in [0.717, 1.165) is 35.9 Å². The number of imidazole rings is 1. The normalized spacial score (nSPS) is 10.7. The molecule has 0 spiro atoms. The fourth-order valence-corrected chi connectivity index (χ4v) is 1.60. The summed E-state index contributed by atoms with van der Waals surface area (Å²) in [7, 11) is 0. The maximum absolute atomic E-state index is 4.52. The summed E-state index contributed by atoms with van der Waals surface area (Å²) in [6, 6.07) is 0. The molecule has 0 saturated heterocycles. The minimum absolute atomic E-state index is 0.851. The van der Waals surface area contributed by atoms with Crippen LogP contribution in [-0.4, -0.2) is 19.5 Å². The van der Waals surface area contributed by atoms with Gasteiger partial charge in [-0.1, -0.05) is 6.92 Å². The molecule has 0 saturated carbocycles. The van der Waals surface area contributed by atoms with E-state index in [9.17, 15) is 0 Å². The van der Waals surface area contributed by atoms with Crippen LogP contribution in [0.25, 0.3) is 5.82 Å². The van der Waals surface area contributed by atoms with Gasteiger partial charge in [0, 0.05) is 18.8 Å². The first-order valence-electron chi connectivity index (χ1n) is 5.55. The second-order valence-corrected chi connectivity index (χ2v) is 3.86. The van der Waals surface area contributed by atoms with Crippen molar-refractivity contribution < 1.29 is 0 Å². The molecule has 16 heavy (non-hydrogen) atoms. The summed E-state index contributed by atoms with van der Waals surface area (Å²) >= 11 is 0. The number of hydrogen-bond donors (Lipinski definition) is 0. The van der Waals surface area contributed by atoms with Gasteiger partial charge in [-0.05, 0) is 20.3 Å². The molecule has 2 rings (SSSR count). The van der Waals surface area contributed by atoms with Gasteiger partial charge in [-0.3, -0.25) is 9.55 Å². The largest absolute Gasteiger partial charge is 0.287 e. The van der Waals surface area contributed by atoms with E-state index in [1.165, 1.54) is 0 Å². The third-order valence-corrected chi connectivity index (χ3v) is 2.62. The Morgan fingerprint density at radius 2 is 2.00 bits per heavy atom. The number of hydrogen-bond acceptors (Lipinski definition) is 3. The van der Waals surface area contributed by atoms with Gasteiger partial charge in [0.1, 0.15) is 5.82 Å². The van der Waals surface area contributed by atoms with Gasteiger partial charge in [0.2, 0.25) is 0 Å². The van der Waals surface area contributed by atoms with Crippen LogP contribution in [0.5, 0.6) is 0 Å². The van der Waals surface area contributed by atoms with E-state index in [1.807, 2.05) is 30.8 Å². The number of rotatable bonds is 3. The Balaban J connectivity index is 2.42. The Kier molecular flexibility index (Phi) is 2.99. The van der Waals surface area contributed by atoms with Gasteiger partial charge in [-0.2, -0.15) is 0 Å². The fourth-order valence-electron chi connectivity index (χ4n) is 1.60. The molecule has 0 fully saturated rings. The molecule has 0 radical (unpaired) electrons. The lowest BCUT2D eigenvalue weighted by Crippen LogP contribution is -2.05. The average Bonchev–Trinajstić information content (AvgIpc) is 2.71. The molecule has 0 unspecified atom stereocenters. The second-order valence-electron chi connectivity index (χ2n) is 3.86. The summed E-state index contributed by atoms with van der Waals surface area (Å²) in [4.78, 5) is 13.2. The second kappa shape index (κ2) is 4.43. The van der Waals surface area contributed by atoms with Crippen molar-refractivity contribution in [2.45, 2.75) is 33.6 Å². The lowest BCUT2D eigenvalue weighted by atomic mass is 10.3. The highest BCUT2D eigenvalue weighted by molar-refractivity contribution is 5.24. The third kappa shape index (κ3) is 1.96. The SMILES string of the molecule is CCCc1nccn1-c1cnc(C)c(C)n1. The molecule has 0 aliphatic carbocycles. The molecular formula is C12H16N4. The third-order valence-electron chi connectivity index (χ3n) is 2.62. The first-order chi connectivity index (χ1) is 7.72. The Morgan fingerprint density at radius 3 is 2.69 bits per heavy atom. The van der Waals surface area contributed by atoms with E-state index >= 15 is 0 Å². The molecule has 0 aromatic carbocycles. The summed E-state index contributed by atoms with van der Waals surface area (Å²) in [5.41, 5.74) is 1.94. The van der Waals surface area contributed by atoms with Gasteiger partial charge in [0.25, 0.3) is 0 Å². The van der Waals surface area contributed by atoms with Gasteiger partial charge in [-0.25, -0.2) is 9.97 Å². The molecule has 0 amide bonds. The molecule has 2 heterocycles. The van der Waals surface area contributed by atoms with Crippen LogP contribution in [0.3, 0.4) is 0 Å². The zero-order valence-corrected chi connectivity index (χ0v) is 9.94. The maximum Gasteiger partial charge on any atom is 0.156 e. The first-order valence-corrected chi connectivity index (χ1v) is 5.55. The van der Waals surface area contributed by atoms with Crippen LogP contribution in [0.1, 0.15) is 30.6 Å². The fraction of sp³-hybridized carbons (Fsp3) is 0.417. The Hall–Kier alpha value is -1.71. The predicted octanol–water partition coefficient (Wildman–Crippen LogP) is 2.23. The molecule has 0 N–H and O–H groups in total. The van der Waals surface area contributed by atoms with E-state index < -0.39 is 0 Å². The average molecular weight is 216 g/mol. The van der Waals surface area contributed by atoms with Gasteiger partial charge >= 0.3 is 0 Å². The highest BCUT2D eigenvalue weighted by Gasteiger charge is 2.06. The van der Waals surface area contributed by atoms with E-state index in [4.69, 9.17) is 0 Å². The van der Waals surface area contributed by atoms with Crippen LogP contribution in [0.2, 0.25) is 0 Å². The van der Waals surface area contributed by atoms with Crippen molar-refractivity contribution in [1.29, 1.82) is 0 Å². The molecule has 2 aromatic rings. The standard InChI is InChI=1S/C12H16N4/c1-4-5-11-13-6-7-16(11)12-8-14-9(2)10(3)15-12/h6-8H,4-5H2,1-3H3. The number of aryl methyl sites for hydroxylation is 3. The molecule has 4 nitrogen and oxygen atoms in total. The van der Waals surface area contributed by atoms with Crippen LogP contribution < -0.4 is 0 Å². The summed E-state index contributed by atoms with van der Waals surface area (Å²) in [6.45, 7) is 6.08. The molecule has 4 heteroatoms. The first kappa shape index (κ1) is 10.8. The Labute approximate surface area is 95.4 Å². The molecule has 84 valence electrons. The number of nitrogens with zero attached hydrogens (tertiary/aromatic N) is 4. The van der Waals surface area contributed by atoms with Crippen molar-refractivity contribution in [2.75, 3.05) is 0 Å². The Bertz CT molecular complexity index is 488. The molecule has 0 bridgehead atoms. The lowest BCUT2D eigenvalue weighted by molar-refractivity contribution is 0.790. The van der Waals surface area contributed by atoms with Crippen LogP contribution in [-0.2, 0) is 6.42 Å². The zero-order valence-electron chi connectivity index (χ0n) is 9.94. The summed E-state index contributed by atoms with van der Waals surface area (Å²) in [5, 5.41) is 0. The molecule has 0 aliphatic rings. The lowest BCUT2D eigenvalue weighted by Gasteiger charge is -2.07. The van der Waals surface area contributed by atoms with E-state index in [0.29, 0.717) is 0 Å². The topological polar surface area (TPSA) is 43.6 Å². The van der Waals surface area contributed by atoms with Gasteiger partial charge in [0.15, 0.2) is 5.82 Å². The minimum atomic E-state index is 0.851.